The Morgan fingerprint density at radius 2 is 1.69 bits per heavy atom. The van der Waals surface area contributed by atoms with Crippen LogP contribution in [0.3, 0.4) is 0 Å². The Labute approximate surface area is 174 Å². The van der Waals surface area contributed by atoms with Gasteiger partial charge in [0, 0.05) is 44.4 Å². The molecule has 0 atom stereocenters. The van der Waals surface area contributed by atoms with E-state index in [2.05, 4.69) is 22.1 Å². The van der Waals surface area contributed by atoms with Crippen LogP contribution >= 0.6 is 24.0 Å². The zero-order valence-corrected chi connectivity index (χ0v) is 18.8. The van der Waals surface area contributed by atoms with Crippen LogP contribution in [-0.4, -0.2) is 58.9 Å². The van der Waals surface area contributed by atoms with Crippen molar-refractivity contribution in [1.82, 2.24) is 10.2 Å². The zero-order chi connectivity index (χ0) is 18.2. The third kappa shape index (κ3) is 5.82. The average molecular weight is 477 g/mol. The molecule has 0 radical (unpaired) electrons. The topological polar surface area (TPSA) is 55.3 Å². The normalized spacial score (nSPS) is 15.3. The van der Waals surface area contributed by atoms with Gasteiger partial charge in [0.1, 0.15) is 17.2 Å². The van der Waals surface area contributed by atoms with Crippen LogP contribution in [0.2, 0.25) is 0 Å². The van der Waals surface area contributed by atoms with Gasteiger partial charge in [0.25, 0.3) is 0 Å². The van der Waals surface area contributed by atoms with Crippen molar-refractivity contribution in [1.29, 1.82) is 0 Å². The summed E-state index contributed by atoms with van der Waals surface area (Å²) in [6.07, 6.45) is 3.22. The number of ether oxygens (including phenoxy) is 3. The van der Waals surface area contributed by atoms with Crippen molar-refractivity contribution in [2.24, 2.45) is 10.9 Å². The van der Waals surface area contributed by atoms with E-state index in [1.165, 1.54) is 12.8 Å². The molecule has 1 aliphatic rings. The molecule has 0 saturated carbocycles. The van der Waals surface area contributed by atoms with Gasteiger partial charge < -0.3 is 24.4 Å². The monoisotopic (exact) mass is 477 g/mol. The number of benzene rings is 1. The molecule has 1 N–H and O–H groups in total. The maximum absolute atomic E-state index is 5.51. The third-order valence-corrected chi connectivity index (χ3v) is 4.77. The molecule has 1 aliphatic heterocycles. The van der Waals surface area contributed by atoms with Crippen molar-refractivity contribution < 1.29 is 14.2 Å². The van der Waals surface area contributed by atoms with Crippen molar-refractivity contribution in [3.05, 3.63) is 17.7 Å². The lowest BCUT2D eigenvalue weighted by Crippen LogP contribution is -2.45. The maximum Gasteiger partial charge on any atom is 0.193 e. The van der Waals surface area contributed by atoms with Crippen LogP contribution in [0.5, 0.6) is 17.2 Å². The number of likely N-dealkylation sites (tertiary alicyclic amines) is 1. The third-order valence-electron chi connectivity index (χ3n) is 4.77. The second-order valence-corrected chi connectivity index (χ2v) is 6.40. The Balaban J connectivity index is 0.00000338. The number of hydrogen-bond donors (Lipinski definition) is 1. The molecular formula is C19H32IN3O3. The summed E-state index contributed by atoms with van der Waals surface area (Å²) in [6, 6.07) is 3.78. The molecule has 0 aromatic heterocycles. The van der Waals surface area contributed by atoms with Gasteiger partial charge >= 0.3 is 0 Å². The van der Waals surface area contributed by atoms with Gasteiger partial charge in [-0.3, -0.25) is 4.99 Å². The summed E-state index contributed by atoms with van der Waals surface area (Å²) in [5.41, 5.74) is 1.03. The minimum absolute atomic E-state index is 0. The van der Waals surface area contributed by atoms with Crippen LogP contribution in [0, 0.1) is 5.92 Å². The predicted octanol–water partition coefficient (Wildman–Crippen LogP) is 3.18. The first-order valence-corrected chi connectivity index (χ1v) is 8.87. The Kier molecular flexibility index (Phi) is 9.90. The summed E-state index contributed by atoms with van der Waals surface area (Å²) in [5.74, 6) is 4.06. The first-order valence-electron chi connectivity index (χ1n) is 8.87. The van der Waals surface area contributed by atoms with Gasteiger partial charge in [0.15, 0.2) is 5.96 Å². The molecule has 0 spiro atoms. The largest absolute Gasteiger partial charge is 0.496 e. The molecule has 1 heterocycles. The van der Waals surface area contributed by atoms with Crippen molar-refractivity contribution in [3.63, 3.8) is 0 Å². The molecule has 1 fully saturated rings. The maximum atomic E-state index is 5.51. The molecule has 1 aromatic rings. The summed E-state index contributed by atoms with van der Waals surface area (Å²) in [4.78, 5) is 6.77. The van der Waals surface area contributed by atoms with E-state index in [1.807, 2.05) is 19.2 Å². The van der Waals surface area contributed by atoms with Crippen molar-refractivity contribution in [2.75, 3.05) is 48.0 Å². The van der Waals surface area contributed by atoms with Gasteiger partial charge in [-0.1, -0.05) is 6.92 Å². The quantitative estimate of drug-likeness (QED) is 0.388. The number of rotatable bonds is 6. The lowest BCUT2D eigenvalue weighted by atomic mass is 9.99. The van der Waals surface area contributed by atoms with Gasteiger partial charge in [-0.15, -0.1) is 24.0 Å². The lowest BCUT2D eigenvalue weighted by molar-refractivity contribution is 0.273. The molecule has 148 valence electrons. The minimum Gasteiger partial charge on any atom is -0.496 e. The Bertz CT molecular complexity index is 562. The van der Waals surface area contributed by atoms with Crippen LogP contribution < -0.4 is 19.5 Å². The number of aliphatic imine (C=N–C) groups is 1. The summed E-state index contributed by atoms with van der Waals surface area (Å²) in [5, 5.41) is 3.47. The van der Waals surface area contributed by atoms with E-state index in [1.54, 1.807) is 21.3 Å². The summed E-state index contributed by atoms with van der Waals surface area (Å²) >= 11 is 0. The number of methoxy groups -OCH3 is 3. The number of guanidine groups is 1. The van der Waals surface area contributed by atoms with Gasteiger partial charge in [0.2, 0.25) is 0 Å². The molecule has 6 nitrogen and oxygen atoms in total. The lowest BCUT2D eigenvalue weighted by Gasteiger charge is -2.33. The summed E-state index contributed by atoms with van der Waals surface area (Å²) < 4.78 is 16.3. The SMILES string of the molecule is CN=C(NCCc1c(OC)cc(OC)cc1OC)N1CCC(C)CC1.I. The van der Waals surface area contributed by atoms with Crippen LogP contribution in [-0.2, 0) is 6.42 Å². The van der Waals surface area contributed by atoms with Crippen LogP contribution in [0.1, 0.15) is 25.3 Å². The highest BCUT2D eigenvalue weighted by atomic mass is 127. The molecule has 0 bridgehead atoms. The molecule has 0 unspecified atom stereocenters. The number of halogens is 1. The van der Waals surface area contributed by atoms with E-state index in [0.717, 1.165) is 60.7 Å². The van der Waals surface area contributed by atoms with Gasteiger partial charge in [-0.05, 0) is 25.2 Å². The summed E-state index contributed by atoms with van der Waals surface area (Å²) in [7, 11) is 6.81. The highest BCUT2D eigenvalue weighted by Gasteiger charge is 2.19. The van der Waals surface area contributed by atoms with E-state index in [4.69, 9.17) is 14.2 Å². The van der Waals surface area contributed by atoms with Gasteiger partial charge in [-0.25, -0.2) is 0 Å². The highest BCUT2D eigenvalue weighted by molar-refractivity contribution is 14.0. The fourth-order valence-corrected chi connectivity index (χ4v) is 3.18. The Morgan fingerprint density at radius 3 is 2.15 bits per heavy atom. The number of hydrogen-bond acceptors (Lipinski definition) is 4. The predicted molar refractivity (Wildman–Crippen MR) is 117 cm³/mol. The summed E-state index contributed by atoms with van der Waals surface area (Å²) in [6.45, 7) is 5.21. The van der Waals surface area contributed by atoms with Gasteiger partial charge in [0.05, 0.1) is 21.3 Å². The highest BCUT2D eigenvalue weighted by Crippen LogP contribution is 2.34. The van der Waals surface area contributed by atoms with Crippen molar-refractivity contribution >= 4 is 29.9 Å². The second-order valence-electron chi connectivity index (χ2n) is 6.40. The van der Waals surface area contributed by atoms with Crippen LogP contribution in [0.4, 0.5) is 0 Å². The van der Waals surface area contributed by atoms with E-state index in [-0.39, 0.29) is 24.0 Å². The fourth-order valence-electron chi connectivity index (χ4n) is 3.18. The van der Waals surface area contributed by atoms with E-state index in [9.17, 15) is 0 Å². The molecule has 2 rings (SSSR count). The molecule has 1 aromatic carbocycles. The van der Waals surface area contributed by atoms with Crippen LogP contribution in [0.25, 0.3) is 0 Å². The van der Waals surface area contributed by atoms with Crippen molar-refractivity contribution in [2.45, 2.75) is 26.2 Å². The standard InChI is InChI=1S/C19H31N3O3.HI/c1-14-7-10-22(11-8-14)19(20-2)21-9-6-16-17(24-4)12-15(23-3)13-18(16)25-5;/h12-14H,6-11H2,1-5H3,(H,20,21);1H. The zero-order valence-electron chi connectivity index (χ0n) is 16.5. The fraction of sp³-hybridized carbons (Fsp3) is 0.632. The molecule has 0 amide bonds. The molecule has 0 aliphatic carbocycles. The van der Waals surface area contributed by atoms with Crippen molar-refractivity contribution in [3.8, 4) is 17.2 Å². The van der Waals surface area contributed by atoms with E-state index in [0.29, 0.717) is 0 Å². The molecule has 7 heteroatoms. The first-order chi connectivity index (χ1) is 12.1. The number of nitrogens with one attached hydrogen (secondary N) is 1. The van der Waals surface area contributed by atoms with Crippen LogP contribution in [0.15, 0.2) is 17.1 Å². The minimum atomic E-state index is 0. The molecular weight excluding hydrogens is 445 g/mol. The molecule has 26 heavy (non-hydrogen) atoms. The van der Waals surface area contributed by atoms with Gasteiger partial charge in [-0.2, -0.15) is 0 Å². The second kappa shape index (κ2) is 11.4. The average Bonchev–Trinajstić information content (AvgIpc) is 2.65. The molecule has 1 saturated heterocycles. The number of nitrogens with zero attached hydrogens (tertiary/aromatic N) is 2. The Morgan fingerprint density at radius 1 is 1.12 bits per heavy atom. The van der Waals surface area contributed by atoms with E-state index >= 15 is 0 Å². The first kappa shape index (κ1) is 22.7. The Hall–Kier alpha value is -1.38. The van der Waals surface area contributed by atoms with E-state index < -0.39 is 0 Å². The smallest absolute Gasteiger partial charge is 0.193 e. The number of piperidine rings is 1.